The number of thioether (sulfide) groups is 1. The molecule has 2 aromatic heterocycles. The summed E-state index contributed by atoms with van der Waals surface area (Å²) < 4.78 is 1.58. The molecule has 2 rings (SSSR count). The van der Waals surface area contributed by atoms with E-state index >= 15 is 0 Å². The van der Waals surface area contributed by atoms with Crippen LogP contribution in [-0.4, -0.2) is 32.5 Å². The second kappa shape index (κ2) is 5.87. The summed E-state index contributed by atoms with van der Waals surface area (Å²) in [6.07, 6.45) is 3.19. The predicted octanol–water partition coefficient (Wildman–Crippen LogP) is 3.16. The number of carboxylic acids is 1. The fourth-order valence-electron chi connectivity index (χ4n) is 1.02. The van der Waals surface area contributed by atoms with Crippen molar-refractivity contribution < 1.29 is 9.90 Å². The van der Waals surface area contributed by atoms with Crippen LogP contribution >= 0.6 is 46.5 Å². The molecule has 0 fully saturated rings. The average Bonchev–Trinajstić information content (AvgIpc) is 2.79. The van der Waals surface area contributed by atoms with Crippen molar-refractivity contribution in [3.8, 4) is 0 Å². The Balaban J connectivity index is 2.21. The number of rotatable bonds is 4. The lowest BCUT2D eigenvalue weighted by Crippen LogP contribution is -1.97. The van der Waals surface area contributed by atoms with E-state index in [0.29, 0.717) is 10.0 Å². The van der Waals surface area contributed by atoms with Crippen LogP contribution in [0, 0.1) is 0 Å². The van der Waals surface area contributed by atoms with Crippen molar-refractivity contribution in [2.24, 2.45) is 0 Å². The first-order valence-corrected chi connectivity index (χ1v) is 7.78. The number of aromatic carboxylic acids is 1. The molecule has 1 N–H and O–H groups in total. The number of halogens is 1. The van der Waals surface area contributed by atoms with Crippen molar-refractivity contribution in [1.82, 2.24) is 15.2 Å². The standard InChI is InChI=1S/C9H6ClN3O2S3/c1-16-8-12-13-9(18-8)17-6-5(10)2-4(3-11-6)7(14)15/h2-3H,1H3,(H,14,15). The Labute approximate surface area is 120 Å². The Bertz CT molecular complexity index is 590. The maximum absolute atomic E-state index is 10.7. The number of hydrogen-bond acceptors (Lipinski definition) is 7. The summed E-state index contributed by atoms with van der Waals surface area (Å²) in [5.41, 5.74) is 0.0615. The van der Waals surface area contributed by atoms with Crippen molar-refractivity contribution in [3.63, 3.8) is 0 Å². The third-order valence-electron chi connectivity index (χ3n) is 1.80. The summed E-state index contributed by atoms with van der Waals surface area (Å²) in [4.78, 5) is 14.7. The summed E-state index contributed by atoms with van der Waals surface area (Å²) in [5.74, 6) is -1.05. The van der Waals surface area contributed by atoms with Gasteiger partial charge in [0.1, 0.15) is 5.03 Å². The minimum atomic E-state index is -1.05. The highest BCUT2D eigenvalue weighted by atomic mass is 35.5. The maximum Gasteiger partial charge on any atom is 0.337 e. The molecular weight excluding hydrogens is 314 g/mol. The highest BCUT2D eigenvalue weighted by Crippen LogP contribution is 2.35. The molecule has 94 valence electrons. The molecule has 0 unspecified atom stereocenters. The smallest absolute Gasteiger partial charge is 0.337 e. The van der Waals surface area contributed by atoms with Crippen molar-refractivity contribution in [3.05, 3.63) is 22.8 Å². The lowest BCUT2D eigenvalue weighted by Gasteiger charge is -2.00. The van der Waals surface area contributed by atoms with E-state index in [9.17, 15) is 4.79 Å². The Morgan fingerprint density at radius 1 is 1.44 bits per heavy atom. The molecule has 2 heterocycles. The van der Waals surface area contributed by atoms with Crippen LogP contribution in [-0.2, 0) is 0 Å². The largest absolute Gasteiger partial charge is 0.478 e. The van der Waals surface area contributed by atoms with E-state index in [1.807, 2.05) is 6.26 Å². The van der Waals surface area contributed by atoms with Gasteiger partial charge in [-0.1, -0.05) is 34.7 Å². The van der Waals surface area contributed by atoms with E-state index in [1.54, 1.807) is 0 Å². The monoisotopic (exact) mass is 319 g/mol. The van der Waals surface area contributed by atoms with Crippen LogP contribution in [0.4, 0.5) is 0 Å². The van der Waals surface area contributed by atoms with Gasteiger partial charge in [-0.25, -0.2) is 9.78 Å². The van der Waals surface area contributed by atoms with Gasteiger partial charge in [-0.15, -0.1) is 10.2 Å². The molecule has 0 aromatic carbocycles. The second-order valence-electron chi connectivity index (χ2n) is 2.96. The van der Waals surface area contributed by atoms with Gasteiger partial charge in [-0.05, 0) is 24.1 Å². The van der Waals surface area contributed by atoms with Crippen LogP contribution in [0.25, 0.3) is 0 Å². The van der Waals surface area contributed by atoms with Gasteiger partial charge in [0.05, 0.1) is 10.6 Å². The van der Waals surface area contributed by atoms with Gasteiger partial charge in [-0.3, -0.25) is 0 Å². The van der Waals surface area contributed by atoms with Crippen LogP contribution in [0.1, 0.15) is 10.4 Å². The molecule has 0 amide bonds. The van der Waals surface area contributed by atoms with E-state index < -0.39 is 5.97 Å². The number of pyridine rings is 1. The molecule has 0 aliphatic heterocycles. The average molecular weight is 320 g/mol. The second-order valence-corrected chi connectivity index (χ2v) is 6.63. The highest BCUT2D eigenvalue weighted by molar-refractivity contribution is 8.03. The van der Waals surface area contributed by atoms with E-state index in [0.717, 1.165) is 8.68 Å². The molecule has 0 aliphatic carbocycles. The van der Waals surface area contributed by atoms with Crippen LogP contribution in [0.2, 0.25) is 5.02 Å². The van der Waals surface area contributed by atoms with Gasteiger partial charge in [-0.2, -0.15) is 0 Å². The normalized spacial score (nSPS) is 10.6. The first kappa shape index (κ1) is 13.6. The van der Waals surface area contributed by atoms with Crippen LogP contribution in [0.15, 0.2) is 26.0 Å². The molecule has 2 aromatic rings. The molecule has 5 nitrogen and oxygen atoms in total. The highest BCUT2D eigenvalue weighted by Gasteiger charge is 2.12. The lowest BCUT2D eigenvalue weighted by atomic mass is 10.3. The molecule has 18 heavy (non-hydrogen) atoms. The maximum atomic E-state index is 10.7. The van der Waals surface area contributed by atoms with Crippen molar-refractivity contribution in [1.29, 1.82) is 0 Å². The van der Waals surface area contributed by atoms with E-state index in [1.165, 1.54) is 47.1 Å². The molecule has 0 aliphatic rings. The third-order valence-corrected chi connectivity index (χ3v) is 5.17. The third kappa shape index (κ3) is 3.14. The van der Waals surface area contributed by atoms with E-state index in [-0.39, 0.29) is 5.56 Å². The summed E-state index contributed by atoms with van der Waals surface area (Å²) in [5, 5.41) is 17.5. The molecule has 0 atom stereocenters. The Kier molecular flexibility index (Phi) is 4.44. The first-order valence-electron chi connectivity index (χ1n) is 4.54. The van der Waals surface area contributed by atoms with Crippen LogP contribution in [0.3, 0.4) is 0 Å². The van der Waals surface area contributed by atoms with Crippen LogP contribution < -0.4 is 0 Å². The van der Waals surface area contributed by atoms with E-state index in [4.69, 9.17) is 16.7 Å². The molecule has 0 bridgehead atoms. The molecular formula is C9H6ClN3O2S3. The number of aromatic nitrogens is 3. The lowest BCUT2D eigenvalue weighted by molar-refractivity contribution is 0.0696. The Morgan fingerprint density at radius 2 is 2.17 bits per heavy atom. The number of nitrogens with zero attached hydrogens (tertiary/aromatic N) is 3. The zero-order valence-corrected chi connectivity index (χ0v) is 12.2. The Morgan fingerprint density at radius 3 is 2.72 bits per heavy atom. The van der Waals surface area contributed by atoms with Crippen molar-refractivity contribution >= 4 is 52.4 Å². The van der Waals surface area contributed by atoms with Gasteiger partial charge in [0.15, 0.2) is 8.68 Å². The molecule has 9 heteroatoms. The van der Waals surface area contributed by atoms with E-state index in [2.05, 4.69) is 15.2 Å². The summed E-state index contributed by atoms with van der Waals surface area (Å²) in [6.45, 7) is 0. The van der Waals surface area contributed by atoms with Gasteiger partial charge >= 0.3 is 5.97 Å². The quantitative estimate of drug-likeness (QED) is 0.867. The summed E-state index contributed by atoms with van der Waals surface area (Å²) in [7, 11) is 0. The first-order chi connectivity index (χ1) is 8.60. The molecule has 0 radical (unpaired) electrons. The van der Waals surface area contributed by atoms with Gasteiger partial charge in [0.2, 0.25) is 0 Å². The van der Waals surface area contributed by atoms with Gasteiger partial charge < -0.3 is 5.11 Å². The molecule has 0 saturated carbocycles. The number of carbonyl (C=O) groups is 1. The minimum absolute atomic E-state index is 0.0615. The summed E-state index contributed by atoms with van der Waals surface area (Å²) in [6, 6.07) is 1.37. The number of hydrogen-bond donors (Lipinski definition) is 1. The summed E-state index contributed by atoms with van der Waals surface area (Å²) >= 11 is 10.2. The molecule has 0 saturated heterocycles. The van der Waals surface area contributed by atoms with Crippen molar-refractivity contribution in [2.75, 3.05) is 6.26 Å². The van der Waals surface area contributed by atoms with Crippen LogP contribution in [0.5, 0.6) is 0 Å². The number of carboxylic acid groups (broad SMARTS) is 1. The van der Waals surface area contributed by atoms with Gasteiger partial charge in [0.25, 0.3) is 0 Å². The fraction of sp³-hybridized carbons (Fsp3) is 0.111. The predicted molar refractivity (Wildman–Crippen MR) is 72.0 cm³/mol. The van der Waals surface area contributed by atoms with Crippen molar-refractivity contribution in [2.45, 2.75) is 13.7 Å². The zero-order valence-electron chi connectivity index (χ0n) is 8.95. The van der Waals surface area contributed by atoms with Gasteiger partial charge in [0, 0.05) is 6.20 Å². The topological polar surface area (TPSA) is 76.0 Å². The minimum Gasteiger partial charge on any atom is -0.478 e. The SMILES string of the molecule is CSc1nnc(Sc2ncc(C(=O)O)cc2Cl)s1. The Hall–Kier alpha value is -0.830. The zero-order chi connectivity index (χ0) is 13.1. The molecule has 0 spiro atoms. The fourth-order valence-corrected chi connectivity index (χ4v) is 3.62.